The number of hydrogen-bond donors (Lipinski definition) is 0. The fraction of sp³-hybridized carbons (Fsp3) is 0.143. The first-order chi connectivity index (χ1) is 9.18. The highest BCUT2D eigenvalue weighted by atomic mass is 19.4. The predicted octanol–water partition coefficient (Wildman–Crippen LogP) is 5.39. The molecule has 0 aliphatic rings. The van der Waals surface area contributed by atoms with Gasteiger partial charge in [-0.05, 0) is 35.4 Å². The van der Waals surface area contributed by atoms with E-state index in [9.17, 15) is 26.3 Å². The van der Waals surface area contributed by atoms with Crippen LogP contribution in [0.5, 0.6) is 0 Å². The van der Waals surface area contributed by atoms with Crippen molar-refractivity contribution in [2.75, 3.05) is 0 Å². The second-order valence-corrected chi connectivity index (χ2v) is 4.15. The summed E-state index contributed by atoms with van der Waals surface area (Å²) in [6, 6.07) is 8.49. The first kappa shape index (κ1) is 14.4. The summed E-state index contributed by atoms with van der Waals surface area (Å²) in [4.78, 5) is 0. The van der Waals surface area contributed by atoms with E-state index in [0.717, 1.165) is 24.3 Å². The second kappa shape index (κ2) is 4.85. The maximum atomic E-state index is 12.4. The summed E-state index contributed by atoms with van der Waals surface area (Å²) in [6.45, 7) is 0. The monoisotopic (exact) mass is 290 g/mol. The van der Waals surface area contributed by atoms with Gasteiger partial charge in [0.1, 0.15) is 0 Å². The Morgan fingerprint density at radius 1 is 0.450 bits per heavy atom. The third-order valence-electron chi connectivity index (χ3n) is 2.76. The Morgan fingerprint density at radius 3 is 0.900 bits per heavy atom. The first-order valence-corrected chi connectivity index (χ1v) is 5.53. The predicted molar refractivity (Wildman–Crippen MR) is 61.9 cm³/mol. The summed E-state index contributed by atoms with van der Waals surface area (Å²) >= 11 is 0. The third kappa shape index (κ3) is 3.12. The molecule has 0 radical (unpaired) electrons. The minimum atomic E-state index is -4.43. The van der Waals surface area contributed by atoms with E-state index in [1.807, 2.05) is 0 Å². The Labute approximate surface area is 110 Å². The van der Waals surface area contributed by atoms with Gasteiger partial charge >= 0.3 is 12.4 Å². The summed E-state index contributed by atoms with van der Waals surface area (Å²) in [7, 11) is 0. The minimum Gasteiger partial charge on any atom is -0.166 e. The summed E-state index contributed by atoms with van der Waals surface area (Å²) in [5.41, 5.74) is -0.750. The SMILES string of the molecule is FC(F)(F)c1ccc(-c2ccc(C(F)(F)F)cc2)cc1. The van der Waals surface area contributed by atoms with Crippen molar-refractivity contribution in [3.05, 3.63) is 59.7 Å². The molecule has 0 nitrogen and oxygen atoms in total. The number of alkyl halides is 6. The Bertz CT molecular complexity index is 520. The van der Waals surface area contributed by atoms with E-state index in [1.165, 1.54) is 24.3 Å². The molecule has 0 amide bonds. The zero-order valence-corrected chi connectivity index (χ0v) is 9.89. The lowest BCUT2D eigenvalue weighted by Gasteiger charge is -2.09. The number of hydrogen-bond acceptors (Lipinski definition) is 0. The van der Waals surface area contributed by atoms with Gasteiger partial charge in [-0.25, -0.2) is 0 Å². The average Bonchev–Trinajstić information content (AvgIpc) is 2.37. The van der Waals surface area contributed by atoms with Crippen molar-refractivity contribution in [2.45, 2.75) is 12.4 Å². The molecule has 0 saturated heterocycles. The van der Waals surface area contributed by atoms with Crippen LogP contribution in [-0.4, -0.2) is 0 Å². The lowest BCUT2D eigenvalue weighted by molar-refractivity contribution is -0.138. The van der Waals surface area contributed by atoms with Crippen LogP contribution < -0.4 is 0 Å². The van der Waals surface area contributed by atoms with Gasteiger partial charge in [-0.1, -0.05) is 24.3 Å². The minimum absolute atomic E-state index is 0.423. The molecule has 106 valence electrons. The molecular formula is C14H8F6. The molecule has 0 spiro atoms. The number of halogens is 6. The Kier molecular flexibility index (Phi) is 3.50. The molecule has 0 heterocycles. The van der Waals surface area contributed by atoms with Gasteiger partial charge in [-0.2, -0.15) is 26.3 Å². The lowest BCUT2D eigenvalue weighted by atomic mass is 10.0. The highest BCUT2D eigenvalue weighted by molar-refractivity contribution is 5.64. The zero-order chi connectivity index (χ0) is 15.0. The second-order valence-electron chi connectivity index (χ2n) is 4.15. The molecule has 0 saturated carbocycles. The van der Waals surface area contributed by atoms with Crippen molar-refractivity contribution in [3.8, 4) is 11.1 Å². The van der Waals surface area contributed by atoms with Gasteiger partial charge in [0.2, 0.25) is 0 Å². The molecule has 0 unspecified atom stereocenters. The van der Waals surface area contributed by atoms with E-state index in [4.69, 9.17) is 0 Å². The first-order valence-electron chi connectivity index (χ1n) is 5.53. The maximum Gasteiger partial charge on any atom is 0.416 e. The van der Waals surface area contributed by atoms with E-state index < -0.39 is 23.5 Å². The molecular weight excluding hydrogens is 282 g/mol. The van der Waals surface area contributed by atoms with E-state index in [-0.39, 0.29) is 0 Å². The normalized spacial score (nSPS) is 12.5. The molecule has 20 heavy (non-hydrogen) atoms. The van der Waals surface area contributed by atoms with Crippen LogP contribution in [0, 0.1) is 0 Å². The Hall–Kier alpha value is -1.98. The number of benzene rings is 2. The van der Waals surface area contributed by atoms with Gasteiger partial charge < -0.3 is 0 Å². The van der Waals surface area contributed by atoms with E-state index in [1.54, 1.807) is 0 Å². The van der Waals surface area contributed by atoms with Gasteiger partial charge in [-0.15, -0.1) is 0 Å². The molecule has 0 fully saturated rings. The van der Waals surface area contributed by atoms with Crippen LogP contribution in [0.3, 0.4) is 0 Å². The molecule has 0 bridgehead atoms. The molecule has 2 aromatic rings. The molecule has 0 aromatic heterocycles. The largest absolute Gasteiger partial charge is 0.416 e. The van der Waals surface area contributed by atoms with Crippen molar-refractivity contribution < 1.29 is 26.3 Å². The van der Waals surface area contributed by atoms with Crippen molar-refractivity contribution in [1.82, 2.24) is 0 Å². The van der Waals surface area contributed by atoms with Crippen LogP contribution >= 0.6 is 0 Å². The highest BCUT2D eigenvalue weighted by Gasteiger charge is 2.31. The highest BCUT2D eigenvalue weighted by Crippen LogP contribution is 2.33. The number of rotatable bonds is 1. The smallest absolute Gasteiger partial charge is 0.166 e. The maximum absolute atomic E-state index is 12.4. The standard InChI is InChI=1S/C14H8F6/c15-13(16,17)11-5-1-9(2-6-11)10-3-7-12(8-4-10)14(18,19)20/h1-8H. The van der Waals surface area contributed by atoms with E-state index in [2.05, 4.69) is 0 Å². The van der Waals surface area contributed by atoms with Gasteiger partial charge in [-0.3, -0.25) is 0 Å². The van der Waals surface area contributed by atoms with Crippen molar-refractivity contribution in [1.29, 1.82) is 0 Å². The van der Waals surface area contributed by atoms with Gasteiger partial charge in [0.05, 0.1) is 11.1 Å². The fourth-order valence-corrected chi connectivity index (χ4v) is 1.70. The fourth-order valence-electron chi connectivity index (χ4n) is 1.70. The zero-order valence-electron chi connectivity index (χ0n) is 9.89. The molecule has 0 aliphatic heterocycles. The third-order valence-corrected chi connectivity index (χ3v) is 2.76. The van der Waals surface area contributed by atoms with Gasteiger partial charge in [0.25, 0.3) is 0 Å². The molecule has 2 rings (SSSR count). The van der Waals surface area contributed by atoms with E-state index in [0.29, 0.717) is 11.1 Å². The Balaban J connectivity index is 2.29. The summed E-state index contributed by atoms with van der Waals surface area (Å²) in [5.74, 6) is 0. The molecule has 0 N–H and O–H groups in total. The summed E-state index contributed by atoms with van der Waals surface area (Å²) < 4.78 is 74.3. The molecule has 0 aliphatic carbocycles. The quantitative estimate of drug-likeness (QED) is 0.618. The van der Waals surface area contributed by atoms with Crippen LogP contribution in [0.15, 0.2) is 48.5 Å². The van der Waals surface area contributed by atoms with Crippen molar-refractivity contribution in [3.63, 3.8) is 0 Å². The molecule has 0 atom stereocenters. The van der Waals surface area contributed by atoms with Gasteiger partial charge in [0.15, 0.2) is 0 Å². The van der Waals surface area contributed by atoms with Crippen molar-refractivity contribution in [2.24, 2.45) is 0 Å². The van der Waals surface area contributed by atoms with Crippen molar-refractivity contribution >= 4 is 0 Å². The van der Waals surface area contributed by atoms with Crippen LogP contribution in [0.2, 0.25) is 0 Å². The van der Waals surface area contributed by atoms with Crippen LogP contribution in [0.4, 0.5) is 26.3 Å². The topological polar surface area (TPSA) is 0 Å². The molecule has 6 heteroatoms. The average molecular weight is 290 g/mol. The van der Waals surface area contributed by atoms with E-state index >= 15 is 0 Å². The van der Waals surface area contributed by atoms with Gasteiger partial charge in [0, 0.05) is 0 Å². The van der Waals surface area contributed by atoms with Crippen LogP contribution in [0.25, 0.3) is 11.1 Å². The Morgan fingerprint density at radius 2 is 0.700 bits per heavy atom. The lowest BCUT2D eigenvalue weighted by Crippen LogP contribution is -2.04. The molecule has 2 aromatic carbocycles. The van der Waals surface area contributed by atoms with Crippen LogP contribution in [0.1, 0.15) is 11.1 Å². The summed E-state index contributed by atoms with van der Waals surface area (Å²) in [6.07, 6.45) is -8.86. The summed E-state index contributed by atoms with van der Waals surface area (Å²) in [5, 5.41) is 0. The van der Waals surface area contributed by atoms with Crippen LogP contribution in [-0.2, 0) is 12.4 Å².